The third-order valence-corrected chi connectivity index (χ3v) is 6.03. The van der Waals surface area contributed by atoms with Crippen LogP contribution in [0.1, 0.15) is 38.5 Å². The highest BCUT2D eigenvalue weighted by Crippen LogP contribution is 2.36. The fourth-order valence-corrected chi connectivity index (χ4v) is 4.34. The summed E-state index contributed by atoms with van der Waals surface area (Å²) in [5.74, 6) is 0.957. The number of nitrogens with zero attached hydrogens (tertiary/aromatic N) is 2. The molecule has 0 aromatic carbocycles. The molecule has 1 N–H and O–H groups in total. The summed E-state index contributed by atoms with van der Waals surface area (Å²) < 4.78 is 6.12. The molecule has 1 unspecified atom stereocenters. The minimum absolute atomic E-state index is 0.0371. The summed E-state index contributed by atoms with van der Waals surface area (Å²) in [7, 11) is 1.68. The van der Waals surface area contributed by atoms with Gasteiger partial charge < -0.3 is 15.0 Å². The number of hydrogen-bond acceptors (Lipinski definition) is 4. The summed E-state index contributed by atoms with van der Waals surface area (Å²) >= 11 is 0. The number of morpholine rings is 1. The first-order chi connectivity index (χ1) is 12.1. The third-order valence-electron chi connectivity index (χ3n) is 6.03. The fourth-order valence-electron chi connectivity index (χ4n) is 4.34. The van der Waals surface area contributed by atoms with Crippen LogP contribution in [0.25, 0.3) is 0 Å². The molecule has 3 fully saturated rings. The maximum Gasteiger partial charge on any atom is 0.249 e. The van der Waals surface area contributed by atoms with Crippen LogP contribution in [0.3, 0.4) is 0 Å². The minimum Gasteiger partial charge on any atom is -0.368 e. The Balaban J connectivity index is 1.38. The summed E-state index contributed by atoms with van der Waals surface area (Å²) in [4.78, 5) is 29.0. The molecule has 138 valence electrons. The highest BCUT2D eigenvalue weighted by molar-refractivity contribution is 5.94. The predicted molar refractivity (Wildman–Crippen MR) is 94.0 cm³/mol. The summed E-state index contributed by atoms with van der Waals surface area (Å²) in [6, 6.07) is -0.193. The Hall–Kier alpha value is -1.40. The quantitative estimate of drug-likeness (QED) is 0.822. The fraction of sp³-hybridized carbons (Fsp3) is 0.789. The van der Waals surface area contributed by atoms with Gasteiger partial charge in [0.1, 0.15) is 11.6 Å². The molecule has 2 aliphatic carbocycles. The smallest absolute Gasteiger partial charge is 0.249 e. The van der Waals surface area contributed by atoms with Crippen LogP contribution in [-0.2, 0) is 14.3 Å². The van der Waals surface area contributed by atoms with E-state index < -0.39 is 0 Å². The molecule has 6 nitrogen and oxygen atoms in total. The molecule has 4 rings (SSSR count). The maximum absolute atomic E-state index is 12.6. The van der Waals surface area contributed by atoms with E-state index in [0.29, 0.717) is 19.7 Å². The molecular formula is C19H29N3O3. The third kappa shape index (κ3) is 3.47. The van der Waals surface area contributed by atoms with Crippen molar-refractivity contribution in [1.29, 1.82) is 0 Å². The highest BCUT2D eigenvalue weighted by Gasteiger charge is 2.52. The number of carbonyl (C=O) groups excluding carboxylic acids is 2. The van der Waals surface area contributed by atoms with Crippen molar-refractivity contribution in [2.24, 2.45) is 5.92 Å². The van der Waals surface area contributed by atoms with Gasteiger partial charge in [0, 0.05) is 25.7 Å². The average Bonchev–Trinajstić information content (AvgIpc) is 3.43. The average molecular weight is 347 g/mol. The molecule has 2 amide bonds. The standard InChI is InChI=1S/C19H29N3O3/c1-20-17(23)16-10-25-19(11-21(16)9-14-7-8-14)12-22(13-19)18(24)15-5-3-2-4-6-15/h5,14,16H,2-4,6-13H2,1H3,(H,20,23). The molecular weight excluding hydrogens is 318 g/mol. The van der Waals surface area contributed by atoms with Crippen LogP contribution in [0.5, 0.6) is 0 Å². The van der Waals surface area contributed by atoms with Gasteiger partial charge in [-0.1, -0.05) is 6.08 Å². The molecule has 6 heteroatoms. The van der Waals surface area contributed by atoms with Gasteiger partial charge in [0.25, 0.3) is 0 Å². The second-order valence-electron chi connectivity index (χ2n) is 8.13. The van der Waals surface area contributed by atoms with Crippen LogP contribution in [-0.4, -0.2) is 73.1 Å². The first kappa shape index (κ1) is 17.0. The Labute approximate surface area is 149 Å². The summed E-state index contributed by atoms with van der Waals surface area (Å²) in [6.45, 7) is 3.47. The molecule has 2 aliphatic heterocycles. The highest BCUT2D eigenvalue weighted by atomic mass is 16.5. The van der Waals surface area contributed by atoms with Crippen molar-refractivity contribution in [2.75, 3.05) is 39.8 Å². The molecule has 1 atom stereocenters. The van der Waals surface area contributed by atoms with Gasteiger partial charge in [-0.2, -0.15) is 0 Å². The zero-order valence-corrected chi connectivity index (χ0v) is 15.1. The van der Waals surface area contributed by atoms with E-state index in [-0.39, 0.29) is 23.5 Å². The summed E-state index contributed by atoms with van der Waals surface area (Å²) in [6.07, 6.45) is 8.90. The summed E-state index contributed by atoms with van der Waals surface area (Å²) in [5, 5.41) is 2.76. The number of allylic oxidation sites excluding steroid dienone is 1. The number of likely N-dealkylation sites (tertiary alicyclic amines) is 1. The van der Waals surface area contributed by atoms with Crippen molar-refractivity contribution in [2.45, 2.75) is 50.2 Å². The molecule has 0 radical (unpaired) electrons. The van der Waals surface area contributed by atoms with E-state index in [0.717, 1.165) is 43.8 Å². The lowest BCUT2D eigenvalue weighted by atomic mass is 9.88. The lowest BCUT2D eigenvalue weighted by Gasteiger charge is -2.55. The van der Waals surface area contributed by atoms with Crippen molar-refractivity contribution >= 4 is 11.8 Å². The van der Waals surface area contributed by atoms with E-state index in [1.807, 2.05) is 4.90 Å². The SMILES string of the molecule is CNC(=O)C1COC2(CN(C(=O)C3=CCCCC3)C2)CN1CC1CC1. The Bertz CT molecular complexity index is 578. The van der Waals surface area contributed by atoms with Gasteiger partial charge in [0.2, 0.25) is 11.8 Å². The number of rotatable bonds is 4. The molecule has 0 aromatic rings. The molecule has 2 heterocycles. The lowest BCUT2D eigenvalue weighted by molar-refractivity contribution is -0.203. The molecule has 1 saturated carbocycles. The zero-order valence-electron chi connectivity index (χ0n) is 15.1. The number of amides is 2. The predicted octanol–water partition coefficient (Wildman–Crippen LogP) is 0.925. The van der Waals surface area contributed by atoms with Crippen LogP contribution in [0.4, 0.5) is 0 Å². The van der Waals surface area contributed by atoms with Gasteiger partial charge in [-0.05, 0) is 44.4 Å². The number of ether oxygens (including phenoxy) is 1. The Morgan fingerprint density at radius 1 is 1.28 bits per heavy atom. The van der Waals surface area contributed by atoms with Gasteiger partial charge in [0.05, 0.1) is 19.7 Å². The van der Waals surface area contributed by atoms with Crippen molar-refractivity contribution in [3.63, 3.8) is 0 Å². The second kappa shape index (κ2) is 6.72. The van der Waals surface area contributed by atoms with Crippen LogP contribution >= 0.6 is 0 Å². The van der Waals surface area contributed by atoms with Gasteiger partial charge in [0.15, 0.2) is 0 Å². The molecule has 4 aliphatic rings. The number of hydrogen-bond donors (Lipinski definition) is 1. The molecule has 2 saturated heterocycles. The van der Waals surface area contributed by atoms with E-state index in [9.17, 15) is 9.59 Å². The van der Waals surface area contributed by atoms with Gasteiger partial charge in [-0.15, -0.1) is 0 Å². The molecule has 0 aromatic heterocycles. The Morgan fingerprint density at radius 3 is 2.72 bits per heavy atom. The van der Waals surface area contributed by atoms with Gasteiger partial charge in [-0.25, -0.2) is 0 Å². The summed E-state index contributed by atoms with van der Waals surface area (Å²) in [5.41, 5.74) is 0.708. The van der Waals surface area contributed by atoms with E-state index >= 15 is 0 Å². The maximum atomic E-state index is 12.6. The lowest BCUT2D eigenvalue weighted by Crippen LogP contribution is -2.73. The van der Waals surface area contributed by atoms with E-state index in [2.05, 4.69) is 16.3 Å². The first-order valence-corrected chi connectivity index (χ1v) is 9.68. The van der Waals surface area contributed by atoms with Crippen LogP contribution in [0.2, 0.25) is 0 Å². The normalized spacial score (nSPS) is 29.1. The molecule has 1 spiro atoms. The number of carbonyl (C=O) groups is 2. The van der Waals surface area contributed by atoms with Gasteiger partial charge in [-0.3, -0.25) is 14.5 Å². The largest absolute Gasteiger partial charge is 0.368 e. The van der Waals surface area contributed by atoms with Crippen LogP contribution in [0.15, 0.2) is 11.6 Å². The second-order valence-corrected chi connectivity index (χ2v) is 8.13. The van der Waals surface area contributed by atoms with Crippen LogP contribution < -0.4 is 5.32 Å². The first-order valence-electron chi connectivity index (χ1n) is 9.68. The van der Waals surface area contributed by atoms with E-state index in [4.69, 9.17) is 4.74 Å². The Morgan fingerprint density at radius 2 is 2.08 bits per heavy atom. The van der Waals surface area contributed by atoms with Crippen molar-refractivity contribution in [1.82, 2.24) is 15.1 Å². The van der Waals surface area contributed by atoms with E-state index in [1.54, 1.807) is 7.05 Å². The van der Waals surface area contributed by atoms with Crippen molar-refractivity contribution in [3.8, 4) is 0 Å². The van der Waals surface area contributed by atoms with Crippen LogP contribution in [0, 0.1) is 5.92 Å². The molecule has 0 bridgehead atoms. The monoisotopic (exact) mass is 347 g/mol. The van der Waals surface area contributed by atoms with Crippen molar-refractivity contribution in [3.05, 3.63) is 11.6 Å². The Kier molecular flexibility index (Phi) is 4.58. The molecule has 25 heavy (non-hydrogen) atoms. The van der Waals surface area contributed by atoms with E-state index in [1.165, 1.54) is 19.3 Å². The number of likely N-dealkylation sites (N-methyl/N-ethyl adjacent to an activating group) is 1. The number of nitrogens with one attached hydrogen (secondary N) is 1. The zero-order chi connectivity index (χ0) is 17.4. The van der Waals surface area contributed by atoms with Gasteiger partial charge >= 0.3 is 0 Å². The van der Waals surface area contributed by atoms with Crippen molar-refractivity contribution < 1.29 is 14.3 Å². The minimum atomic E-state index is -0.274. The topological polar surface area (TPSA) is 61.9 Å².